The highest BCUT2D eigenvalue weighted by atomic mass is 16.5. The zero-order valence-electron chi connectivity index (χ0n) is 17.4. The number of carboxylic acid groups (broad SMARTS) is 1. The van der Waals surface area contributed by atoms with Crippen molar-refractivity contribution in [3.05, 3.63) is 78.8 Å². The second kappa shape index (κ2) is 10.5. The molecule has 0 spiro atoms. The number of benzene rings is 2. The van der Waals surface area contributed by atoms with E-state index >= 15 is 0 Å². The number of pyridine rings is 1. The number of nitrogens with two attached hydrogens (primary N) is 2. The van der Waals surface area contributed by atoms with Crippen LogP contribution in [0, 0.1) is 0 Å². The molecule has 6 N–H and O–H groups in total. The molecule has 32 heavy (non-hydrogen) atoms. The Balaban J connectivity index is 0.000000352. The minimum atomic E-state index is -1.18. The quantitative estimate of drug-likeness (QED) is 0.324. The molecule has 0 aliphatic carbocycles. The number of aromatic carboxylic acids is 1. The van der Waals surface area contributed by atoms with Gasteiger partial charge in [0.1, 0.15) is 11.4 Å². The second-order valence-corrected chi connectivity index (χ2v) is 6.49. The van der Waals surface area contributed by atoms with Crippen molar-refractivity contribution in [2.45, 2.75) is 6.92 Å². The molecule has 4 rings (SSSR count). The highest BCUT2D eigenvalue weighted by molar-refractivity contribution is 5.96. The first kappa shape index (κ1) is 22.2. The minimum absolute atomic E-state index is 0.0178. The van der Waals surface area contributed by atoms with E-state index in [2.05, 4.69) is 15.3 Å². The number of nitrogen functional groups attached to an aromatic ring is 2. The van der Waals surface area contributed by atoms with E-state index in [4.69, 9.17) is 20.6 Å². The van der Waals surface area contributed by atoms with E-state index in [0.29, 0.717) is 11.6 Å². The second-order valence-electron chi connectivity index (χ2n) is 6.49. The molecule has 4 aromatic rings. The average molecular weight is 433 g/mol. The standard InChI is InChI=1S/C17H16N4O4.C6H7N/c1-2-24-16-15(17(22)23)12(18)7-14(21-16)20-11-5-3-10(4-6-11)13-8-19-9-25-13;7-6-4-2-1-3-5-6/h3-9H,2H2,1H3,(H,22,23)(H3,18,20,21);1-5H,7H2. The fraction of sp³-hybridized carbons (Fsp3) is 0.0870. The number of para-hydroxylation sites is 1. The van der Waals surface area contributed by atoms with Crippen LogP contribution in [0.5, 0.6) is 5.88 Å². The Bertz CT molecular complexity index is 1150. The first-order chi connectivity index (χ1) is 15.5. The van der Waals surface area contributed by atoms with Crippen LogP contribution < -0.4 is 21.5 Å². The van der Waals surface area contributed by atoms with Crippen LogP contribution in [-0.2, 0) is 0 Å². The Hall–Kier alpha value is -4.53. The smallest absolute Gasteiger partial charge is 0.343 e. The number of carbonyl (C=O) groups is 1. The summed E-state index contributed by atoms with van der Waals surface area (Å²) in [6, 6.07) is 18.3. The van der Waals surface area contributed by atoms with E-state index in [1.54, 1.807) is 13.1 Å². The summed E-state index contributed by atoms with van der Waals surface area (Å²) in [5, 5.41) is 12.3. The molecule has 0 fully saturated rings. The molecule has 2 aromatic carbocycles. The summed E-state index contributed by atoms with van der Waals surface area (Å²) in [5.41, 5.74) is 13.6. The SMILES string of the molecule is CCOc1nc(Nc2ccc(-c3cnco3)cc2)cc(N)c1C(=O)O.Nc1ccccc1. The number of hydrogen-bond acceptors (Lipinski definition) is 8. The van der Waals surface area contributed by atoms with Crippen LogP contribution in [0.4, 0.5) is 22.9 Å². The van der Waals surface area contributed by atoms with Gasteiger partial charge in [-0.15, -0.1) is 0 Å². The van der Waals surface area contributed by atoms with Gasteiger partial charge < -0.3 is 31.0 Å². The number of nitrogens with one attached hydrogen (secondary N) is 1. The summed E-state index contributed by atoms with van der Waals surface area (Å²) in [5.74, 6) is -0.149. The fourth-order valence-corrected chi connectivity index (χ4v) is 2.74. The zero-order chi connectivity index (χ0) is 22.9. The van der Waals surface area contributed by atoms with Gasteiger partial charge in [-0.3, -0.25) is 0 Å². The monoisotopic (exact) mass is 433 g/mol. The molecular weight excluding hydrogens is 410 g/mol. The predicted molar refractivity (Wildman–Crippen MR) is 123 cm³/mol. The van der Waals surface area contributed by atoms with Crippen LogP contribution in [0.2, 0.25) is 0 Å². The molecule has 164 valence electrons. The van der Waals surface area contributed by atoms with Crippen LogP contribution in [0.1, 0.15) is 17.3 Å². The van der Waals surface area contributed by atoms with Gasteiger partial charge in [0, 0.05) is 23.0 Å². The maximum atomic E-state index is 11.3. The van der Waals surface area contributed by atoms with E-state index in [1.165, 1.54) is 12.5 Å². The third-order valence-electron chi connectivity index (χ3n) is 4.19. The van der Waals surface area contributed by atoms with Crippen molar-refractivity contribution in [1.29, 1.82) is 0 Å². The first-order valence-corrected chi connectivity index (χ1v) is 9.71. The molecule has 0 aliphatic rings. The van der Waals surface area contributed by atoms with Crippen LogP contribution in [0.3, 0.4) is 0 Å². The molecule has 0 unspecified atom stereocenters. The highest BCUT2D eigenvalue weighted by Gasteiger charge is 2.18. The van der Waals surface area contributed by atoms with Crippen molar-refractivity contribution in [2.75, 3.05) is 23.4 Å². The van der Waals surface area contributed by atoms with Crippen molar-refractivity contribution in [2.24, 2.45) is 0 Å². The normalized spacial score (nSPS) is 10.0. The molecule has 2 aromatic heterocycles. The maximum Gasteiger partial charge on any atom is 0.343 e. The molecule has 9 nitrogen and oxygen atoms in total. The highest BCUT2D eigenvalue weighted by Crippen LogP contribution is 2.28. The Kier molecular flexibility index (Phi) is 7.26. The molecule has 0 bridgehead atoms. The van der Waals surface area contributed by atoms with E-state index < -0.39 is 5.97 Å². The summed E-state index contributed by atoms with van der Waals surface area (Å²) in [6.45, 7) is 2.02. The molecule has 9 heteroatoms. The van der Waals surface area contributed by atoms with E-state index in [-0.39, 0.29) is 23.7 Å². The van der Waals surface area contributed by atoms with Crippen molar-refractivity contribution >= 4 is 28.8 Å². The largest absolute Gasteiger partial charge is 0.477 e. The topological polar surface area (TPSA) is 150 Å². The van der Waals surface area contributed by atoms with Crippen molar-refractivity contribution < 1.29 is 19.1 Å². The van der Waals surface area contributed by atoms with Gasteiger partial charge in [-0.1, -0.05) is 18.2 Å². The van der Waals surface area contributed by atoms with E-state index in [0.717, 1.165) is 16.9 Å². The first-order valence-electron chi connectivity index (χ1n) is 9.71. The van der Waals surface area contributed by atoms with Crippen LogP contribution in [-0.4, -0.2) is 27.7 Å². The van der Waals surface area contributed by atoms with Crippen molar-refractivity contribution in [3.8, 4) is 17.2 Å². The number of ether oxygens (including phenoxy) is 1. The average Bonchev–Trinajstić information content (AvgIpc) is 3.30. The van der Waals surface area contributed by atoms with Crippen LogP contribution in [0.15, 0.2) is 77.7 Å². The van der Waals surface area contributed by atoms with Crippen LogP contribution >= 0.6 is 0 Å². The van der Waals surface area contributed by atoms with Gasteiger partial charge in [0.05, 0.1) is 18.5 Å². The predicted octanol–water partition coefficient (Wildman–Crippen LogP) is 4.43. The molecule has 0 radical (unpaired) electrons. The number of anilines is 4. The van der Waals surface area contributed by atoms with Crippen molar-refractivity contribution in [3.63, 3.8) is 0 Å². The van der Waals surface area contributed by atoms with Gasteiger partial charge in [0.2, 0.25) is 5.88 Å². The fourth-order valence-electron chi connectivity index (χ4n) is 2.74. The van der Waals surface area contributed by atoms with Gasteiger partial charge in [0.15, 0.2) is 12.2 Å². The summed E-state index contributed by atoms with van der Waals surface area (Å²) in [7, 11) is 0. The number of hydrogen-bond donors (Lipinski definition) is 4. The number of carboxylic acids is 1. The van der Waals surface area contributed by atoms with Gasteiger partial charge in [-0.2, -0.15) is 4.98 Å². The minimum Gasteiger partial charge on any atom is -0.477 e. The van der Waals surface area contributed by atoms with Crippen LogP contribution in [0.25, 0.3) is 11.3 Å². The molecule has 0 aliphatic heterocycles. The van der Waals surface area contributed by atoms with Gasteiger partial charge in [-0.25, -0.2) is 9.78 Å². The molecule has 0 saturated heterocycles. The number of oxazole rings is 1. The molecule has 0 saturated carbocycles. The van der Waals surface area contributed by atoms with Crippen molar-refractivity contribution in [1.82, 2.24) is 9.97 Å². The number of aromatic nitrogens is 2. The van der Waals surface area contributed by atoms with Gasteiger partial charge in [-0.05, 0) is 43.3 Å². The Morgan fingerprint density at radius 2 is 1.84 bits per heavy atom. The number of rotatable bonds is 6. The van der Waals surface area contributed by atoms with Gasteiger partial charge in [0.25, 0.3) is 0 Å². The third kappa shape index (κ3) is 5.76. The summed E-state index contributed by atoms with van der Waals surface area (Å²) >= 11 is 0. The lowest BCUT2D eigenvalue weighted by Gasteiger charge is -2.12. The lowest BCUT2D eigenvalue weighted by atomic mass is 10.1. The Labute approximate surface area is 184 Å². The summed E-state index contributed by atoms with van der Waals surface area (Å²) in [6.07, 6.45) is 3.00. The Morgan fingerprint density at radius 3 is 2.38 bits per heavy atom. The summed E-state index contributed by atoms with van der Waals surface area (Å²) in [4.78, 5) is 19.4. The lowest BCUT2D eigenvalue weighted by molar-refractivity contribution is 0.0693. The Morgan fingerprint density at radius 1 is 1.12 bits per heavy atom. The maximum absolute atomic E-state index is 11.3. The summed E-state index contributed by atoms with van der Waals surface area (Å²) < 4.78 is 10.5. The molecule has 2 heterocycles. The van der Waals surface area contributed by atoms with Gasteiger partial charge >= 0.3 is 5.97 Å². The zero-order valence-corrected chi connectivity index (χ0v) is 17.4. The molecule has 0 amide bonds. The third-order valence-corrected chi connectivity index (χ3v) is 4.19. The molecular formula is C23H23N5O4. The van der Waals surface area contributed by atoms with E-state index in [1.807, 2.05) is 54.6 Å². The molecule has 0 atom stereocenters. The van der Waals surface area contributed by atoms with E-state index in [9.17, 15) is 9.90 Å². The lowest BCUT2D eigenvalue weighted by Crippen LogP contribution is -2.10. The number of nitrogens with zero attached hydrogens (tertiary/aromatic N) is 2.